The molecule has 0 bridgehead atoms. The van der Waals surface area contributed by atoms with E-state index in [0.717, 1.165) is 0 Å². The number of pyridine rings is 2. The number of hydrogen-bond acceptors (Lipinski definition) is 3. The van der Waals surface area contributed by atoms with Crippen LogP contribution in [0.4, 0.5) is 4.39 Å². The van der Waals surface area contributed by atoms with Crippen LogP contribution < -0.4 is 4.74 Å². The first kappa shape index (κ1) is 9.58. The molecule has 3 nitrogen and oxygen atoms in total. The Bertz CT molecular complexity index is 407. The summed E-state index contributed by atoms with van der Waals surface area (Å²) in [6.45, 7) is 0. The fourth-order valence-corrected chi connectivity index (χ4v) is 1.09. The molecule has 15 heavy (non-hydrogen) atoms. The van der Waals surface area contributed by atoms with E-state index in [9.17, 15) is 4.39 Å². The van der Waals surface area contributed by atoms with Crippen molar-refractivity contribution in [1.29, 1.82) is 0 Å². The Morgan fingerprint density at radius 1 is 1.00 bits per heavy atom. The molecule has 76 valence electrons. The first-order valence-corrected chi connectivity index (χ1v) is 4.49. The van der Waals surface area contributed by atoms with E-state index in [-0.39, 0.29) is 11.6 Å². The Morgan fingerprint density at radius 2 is 1.73 bits per heavy atom. The van der Waals surface area contributed by atoms with Gasteiger partial charge in [0.1, 0.15) is 5.69 Å². The second kappa shape index (κ2) is 4.50. The molecule has 2 heterocycles. The fraction of sp³-hybridized carbons (Fsp3) is 0.0909. The van der Waals surface area contributed by atoms with E-state index in [1.807, 2.05) is 0 Å². The van der Waals surface area contributed by atoms with E-state index in [1.54, 1.807) is 42.6 Å². The van der Waals surface area contributed by atoms with Gasteiger partial charge in [-0.3, -0.25) is 4.98 Å². The quantitative estimate of drug-likeness (QED) is 0.770. The molecule has 2 rings (SSSR count). The van der Waals surface area contributed by atoms with Gasteiger partial charge in [-0.15, -0.1) is 0 Å². The third kappa shape index (κ3) is 2.49. The number of alkyl halides is 1. The smallest absolute Gasteiger partial charge is 0.282 e. The molecule has 0 amide bonds. The maximum Gasteiger partial charge on any atom is 0.282 e. The van der Waals surface area contributed by atoms with Crippen LogP contribution in [0.5, 0.6) is 5.88 Å². The minimum atomic E-state index is -1.58. The minimum absolute atomic E-state index is 0.239. The van der Waals surface area contributed by atoms with Crippen molar-refractivity contribution in [3.8, 4) is 5.88 Å². The maximum atomic E-state index is 13.5. The monoisotopic (exact) mass is 204 g/mol. The molecule has 0 radical (unpaired) electrons. The number of rotatable bonds is 3. The zero-order valence-corrected chi connectivity index (χ0v) is 7.88. The fourth-order valence-electron chi connectivity index (χ4n) is 1.09. The number of nitrogens with zero attached hydrogens (tertiary/aromatic N) is 2. The van der Waals surface area contributed by atoms with Crippen LogP contribution in [0.1, 0.15) is 12.1 Å². The molecular weight excluding hydrogens is 195 g/mol. The first-order valence-electron chi connectivity index (χ1n) is 4.49. The molecule has 4 heteroatoms. The van der Waals surface area contributed by atoms with Crippen molar-refractivity contribution in [2.24, 2.45) is 0 Å². The van der Waals surface area contributed by atoms with Gasteiger partial charge >= 0.3 is 0 Å². The molecule has 0 aromatic carbocycles. The van der Waals surface area contributed by atoms with Crippen LogP contribution >= 0.6 is 0 Å². The SMILES string of the molecule is FC(Oc1ccccn1)c1ccccn1. The standard InChI is InChI=1S/C11H9FN2O/c12-11(9-5-1-3-7-13-9)15-10-6-2-4-8-14-10/h1-8,11H. The summed E-state index contributed by atoms with van der Waals surface area (Å²) in [7, 11) is 0. The second-order valence-electron chi connectivity index (χ2n) is 2.86. The topological polar surface area (TPSA) is 35.0 Å². The van der Waals surface area contributed by atoms with Crippen LogP contribution in [-0.4, -0.2) is 9.97 Å². The van der Waals surface area contributed by atoms with Crippen molar-refractivity contribution >= 4 is 0 Å². The van der Waals surface area contributed by atoms with Gasteiger partial charge in [0.25, 0.3) is 6.36 Å². The Hall–Kier alpha value is -1.97. The van der Waals surface area contributed by atoms with E-state index in [2.05, 4.69) is 9.97 Å². The van der Waals surface area contributed by atoms with Gasteiger partial charge in [-0.2, -0.15) is 4.39 Å². The molecule has 2 aromatic rings. The van der Waals surface area contributed by atoms with Crippen LogP contribution in [-0.2, 0) is 0 Å². The van der Waals surface area contributed by atoms with E-state index in [0.29, 0.717) is 0 Å². The van der Waals surface area contributed by atoms with E-state index in [4.69, 9.17) is 4.74 Å². The summed E-state index contributed by atoms with van der Waals surface area (Å²) in [5.41, 5.74) is 0.239. The summed E-state index contributed by atoms with van der Waals surface area (Å²) in [4.78, 5) is 7.70. The zero-order valence-electron chi connectivity index (χ0n) is 7.88. The average molecular weight is 204 g/mol. The van der Waals surface area contributed by atoms with E-state index >= 15 is 0 Å². The van der Waals surface area contributed by atoms with Crippen molar-refractivity contribution in [1.82, 2.24) is 9.97 Å². The van der Waals surface area contributed by atoms with Crippen LogP contribution in [0.25, 0.3) is 0 Å². The summed E-state index contributed by atoms with van der Waals surface area (Å²) in [5, 5.41) is 0. The highest BCUT2D eigenvalue weighted by molar-refractivity contribution is 5.12. The maximum absolute atomic E-state index is 13.5. The predicted octanol–water partition coefficient (Wildman–Crippen LogP) is 2.52. The third-order valence-corrected chi connectivity index (χ3v) is 1.78. The van der Waals surface area contributed by atoms with Gasteiger partial charge in [0, 0.05) is 18.5 Å². The van der Waals surface area contributed by atoms with E-state index in [1.165, 1.54) is 6.20 Å². The summed E-state index contributed by atoms with van der Waals surface area (Å²) in [6, 6.07) is 10.0. The van der Waals surface area contributed by atoms with Crippen molar-refractivity contribution in [3.05, 3.63) is 54.5 Å². The van der Waals surface area contributed by atoms with Crippen LogP contribution in [0, 0.1) is 0 Å². The van der Waals surface area contributed by atoms with Gasteiger partial charge in [-0.05, 0) is 18.2 Å². The molecule has 0 aliphatic heterocycles. The number of ether oxygens (including phenoxy) is 1. The van der Waals surface area contributed by atoms with Gasteiger partial charge in [0.05, 0.1) is 0 Å². The summed E-state index contributed by atoms with van der Waals surface area (Å²) in [6.07, 6.45) is 1.48. The summed E-state index contributed by atoms with van der Waals surface area (Å²) < 4.78 is 18.5. The zero-order chi connectivity index (χ0) is 10.5. The van der Waals surface area contributed by atoms with Gasteiger partial charge < -0.3 is 4.74 Å². The molecule has 0 aliphatic rings. The minimum Gasteiger partial charge on any atom is -0.437 e. The van der Waals surface area contributed by atoms with E-state index < -0.39 is 6.36 Å². The molecule has 0 saturated heterocycles. The van der Waals surface area contributed by atoms with Crippen LogP contribution in [0.15, 0.2) is 48.8 Å². The van der Waals surface area contributed by atoms with Crippen LogP contribution in [0.3, 0.4) is 0 Å². The van der Waals surface area contributed by atoms with Crippen molar-refractivity contribution in [2.45, 2.75) is 6.36 Å². The number of aromatic nitrogens is 2. The largest absolute Gasteiger partial charge is 0.437 e. The van der Waals surface area contributed by atoms with Crippen molar-refractivity contribution in [2.75, 3.05) is 0 Å². The highest BCUT2D eigenvalue weighted by atomic mass is 19.1. The third-order valence-electron chi connectivity index (χ3n) is 1.78. The lowest BCUT2D eigenvalue weighted by Crippen LogP contribution is -2.04. The van der Waals surface area contributed by atoms with Gasteiger partial charge in [-0.25, -0.2) is 4.98 Å². The van der Waals surface area contributed by atoms with Gasteiger partial charge in [0.15, 0.2) is 0 Å². The Morgan fingerprint density at radius 3 is 2.33 bits per heavy atom. The molecule has 1 atom stereocenters. The number of hydrogen-bond donors (Lipinski definition) is 0. The van der Waals surface area contributed by atoms with Crippen molar-refractivity contribution < 1.29 is 9.13 Å². The molecule has 1 unspecified atom stereocenters. The molecular formula is C11H9FN2O. The first-order chi connectivity index (χ1) is 7.36. The normalized spacial score (nSPS) is 12.1. The van der Waals surface area contributed by atoms with Gasteiger partial charge in [-0.1, -0.05) is 12.1 Å². The highest BCUT2D eigenvalue weighted by Gasteiger charge is 2.12. The lowest BCUT2D eigenvalue weighted by Gasteiger charge is -2.08. The lowest BCUT2D eigenvalue weighted by atomic mass is 10.3. The number of halogens is 1. The van der Waals surface area contributed by atoms with Crippen LogP contribution in [0.2, 0.25) is 0 Å². The molecule has 2 aromatic heterocycles. The molecule has 0 aliphatic carbocycles. The Kier molecular flexibility index (Phi) is 2.88. The Labute approximate surface area is 86.6 Å². The van der Waals surface area contributed by atoms with Crippen molar-refractivity contribution in [3.63, 3.8) is 0 Å². The molecule has 0 N–H and O–H groups in total. The van der Waals surface area contributed by atoms with Gasteiger partial charge in [0.2, 0.25) is 5.88 Å². The average Bonchev–Trinajstić information content (AvgIpc) is 2.31. The highest BCUT2D eigenvalue weighted by Crippen LogP contribution is 2.18. The molecule has 0 fully saturated rings. The summed E-state index contributed by atoms with van der Waals surface area (Å²) >= 11 is 0. The second-order valence-corrected chi connectivity index (χ2v) is 2.86. The molecule has 0 spiro atoms. The molecule has 0 saturated carbocycles. The Balaban J connectivity index is 2.08. The summed E-state index contributed by atoms with van der Waals surface area (Å²) in [5.74, 6) is 0.246. The predicted molar refractivity (Wildman–Crippen MR) is 53.0 cm³/mol. The lowest BCUT2D eigenvalue weighted by molar-refractivity contribution is 0.0583.